The van der Waals surface area contributed by atoms with Gasteiger partial charge in [-0.1, -0.05) is 60.9 Å². The summed E-state index contributed by atoms with van der Waals surface area (Å²) in [6.07, 6.45) is 13.5. The summed E-state index contributed by atoms with van der Waals surface area (Å²) in [4.78, 5) is 12.1. The van der Waals surface area contributed by atoms with Gasteiger partial charge in [0.1, 0.15) is 0 Å². The Morgan fingerprint density at radius 1 is 1.11 bits per heavy atom. The Morgan fingerprint density at radius 2 is 1.78 bits per heavy atom. The zero-order chi connectivity index (χ0) is 12.8. The fraction of sp³-hybridized carbons (Fsp3) is 0.933. The zero-order valence-corrected chi connectivity index (χ0v) is 12.9. The molecule has 0 aliphatic heterocycles. The molecule has 1 N–H and O–H groups in total. The molecule has 0 heterocycles. The van der Waals surface area contributed by atoms with Gasteiger partial charge in [0.25, 0.3) is 0 Å². The first-order chi connectivity index (χ1) is 8.74. The molecular weight excluding hydrogens is 290 g/mol. The van der Waals surface area contributed by atoms with Gasteiger partial charge in [0, 0.05) is 17.3 Å². The molecule has 2 nitrogen and oxygen atoms in total. The second kappa shape index (κ2) is 6.93. The van der Waals surface area contributed by atoms with E-state index in [0.29, 0.717) is 0 Å². The smallest absolute Gasteiger partial charge is 0.220 e. The van der Waals surface area contributed by atoms with Gasteiger partial charge < -0.3 is 5.32 Å². The molecule has 0 aromatic rings. The van der Waals surface area contributed by atoms with Crippen LogP contribution in [-0.4, -0.2) is 16.8 Å². The lowest BCUT2D eigenvalue weighted by atomic mass is 9.86. The molecule has 0 radical (unpaired) electrons. The van der Waals surface area contributed by atoms with Crippen LogP contribution >= 0.6 is 15.9 Å². The number of hydrogen-bond acceptors (Lipinski definition) is 1. The van der Waals surface area contributed by atoms with Gasteiger partial charge in [0.15, 0.2) is 0 Å². The Morgan fingerprint density at radius 3 is 2.39 bits per heavy atom. The predicted molar refractivity (Wildman–Crippen MR) is 78.9 cm³/mol. The van der Waals surface area contributed by atoms with E-state index in [2.05, 4.69) is 21.2 Å². The molecule has 2 aliphatic carbocycles. The van der Waals surface area contributed by atoms with Gasteiger partial charge in [0.05, 0.1) is 0 Å². The van der Waals surface area contributed by atoms with Gasteiger partial charge in [-0.25, -0.2) is 0 Å². The van der Waals surface area contributed by atoms with Crippen LogP contribution in [-0.2, 0) is 4.79 Å². The van der Waals surface area contributed by atoms with Crippen molar-refractivity contribution in [1.29, 1.82) is 0 Å². The van der Waals surface area contributed by atoms with Crippen molar-refractivity contribution in [2.45, 2.75) is 76.2 Å². The van der Waals surface area contributed by atoms with Crippen molar-refractivity contribution >= 4 is 21.8 Å². The monoisotopic (exact) mass is 315 g/mol. The fourth-order valence-corrected chi connectivity index (χ4v) is 4.21. The van der Waals surface area contributed by atoms with Crippen molar-refractivity contribution in [2.75, 3.05) is 5.33 Å². The molecule has 1 amide bonds. The molecule has 0 aromatic carbocycles. The summed E-state index contributed by atoms with van der Waals surface area (Å²) >= 11 is 3.57. The van der Waals surface area contributed by atoms with Gasteiger partial charge in [-0.3, -0.25) is 4.79 Å². The first-order valence-corrected chi connectivity index (χ1v) is 8.73. The number of alkyl halides is 1. The molecule has 0 bridgehead atoms. The maximum atomic E-state index is 12.1. The van der Waals surface area contributed by atoms with Crippen molar-refractivity contribution in [2.24, 2.45) is 5.92 Å². The Labute approximate surface area is 119 Å². The van der Waals surface area contributed by atoms with Crippen LogP contribution in [0.3, 0.4) is 0 Å². The van der Waals surface area contributed by atoms with Crippen LogP contribution in [0, 0.1) is 5.92 Å². The van der Waals surface area contributed by atoms with Gasteiger partial charge in [-0.2, -0.15) is 0 Å². The standard InChI is InChI=1S/C15H26BrNO/c16-12-15(10-4-5-11-15)17-14(18)9-8-13-6-2-1-3-7-13/h13H,1-12H2,(H,17,18). The summed E-state index contributed by atoms with van der Waals surface area (Å²) in [6, 6.07) is 0. The van der Waals surface area contributed by atoms with Gasteiger partial charge in [-0.15, -0.1) is 0 Å². The summed E-state index contributed by atoms with van der Waals surface area (Å²) in [5, 5.41) is 4.21. The Kier molecular flexibility index (Phi) is 5.53. The highest BCUT2D eigenvalue weighted by Crippen LogP contribution is 2.32. The molecule has 0 unspecified atom stereocenters. The summed E-state index contributed by atoms with van der Waals surface area (Å²) in [5.41, 5.74) is 0.0731. The summed E-state index contributed by atoms with van der Waals surface area (Å²) in [6.45, 7) is 0. The Bertz CT molecular complexity index is 268. The van der Waals surface area contributed by atoms with E-state index < -0.39 is 0 Å². The number of halogens is 1. The van der Waals surface area contributed by atoms with E-state index in [-0.39, 0.29) is 11.4 Å². The molecule has 0 spiro atoms. The highest BCUT2D eigenvalue weighted by molar-refractivity contribution is 9.09. The van der Waals surface area contributed by atoms with Crippen LogP contribution in [0.15, 0.2) is 0 Å². The third-order valence-corrected chi connectivity index (χ3v) is 5.80. The Hall–Kier alpha value is -0.0500. The molecule has 2 rings (SSSR count). The molecule has 3 heteroatoms. The third kappa shape index (κ3) is 3.97. The van der Waals surface area contributed by atoms with Crippen LogP contribution in [0.25, 0.3) is 0 Å². The molecule has 2 saturated carbocycles. The number of hydrogen-bond donors (Lipinski definition) is 1. The van der Waals surface area contributed by atoms with Crippen molar-refractivity contribution < 1.29 is 4.79 Å². The van der Waals surface area contributed by atoms with Crippen LogP contribution < -0.4 is 5.32 Å². The second-order valence-corrected chi connectivity index (χ2v) is 6.77. The summed E-state index contributed by atoms with van der Waals surface area (Å²) in [5.74, 6) is 1.09. The number of carbonyl (C=O) groups is 1. The van der Waals surface area contributed by atoms with Gasteiger partial charge >= 0.3 is 0 Å². The van der Waals surface area contributed by atoms with Crippen LogP contribution in [0.5, 0.6) is 0 Å². The molecule has 2 aliphatic rings. The molecule has 0 aromatic heterocycles. The normalized spacial score (nSPS) is 24.1. The SMILES string of the molecule is O=C(CCC1CCCCC1)NC1(CBr)CCCC1. The summed E-state index contributed by atoms with van der Waals surface area (Å²) < 4.78 is 0. The third-order valence-electron chi connectivity index (χ3n) is 4.73. The number of carbonyl (C=O) groups excluding carboxylic acids is 1. The topological polar surface area (TPSA) is 29.1 Å². The number of rotatable bonds is 5. The maximum absolute atomic E-state index is 12.1. The van der Waals surface area contributed by atoms with Gasteiger partial charge in [-0.05, 0) is 25.2 Å². The zero-order valence-electron chi connectivity index (χ0n) is 11.3. The van der Waals surface area contributed by atoms with Gasteiger partial charge in [0.2, 0.25) is 5.91 Å². The summed E-state index contributed by atoms with van der Waals surface area (Å²) in [7, 11) is 0. The maximum Gasteiger partial charge on any atom is 0.220 e. The second-order valence-electron chi connectivity index (χ2n) is 6.21. The van der Waals surface area contributed by atoms with Crippen LogP contribution in [0.4, 0.5) is 0 Å². The van der Waals surface area contributed by atoms with Crippen molar-refractivity contribution in [3.8, 4) is 0 Å². The minimum absolute atomic E-state index is 0.0731. The molecule has 0 saturated heterocycles. The van der Waals surface area contributed by atoms with E-state index in [4.69, 9.17) is 0 Å². The average molecular weight is 316 g/mol. The van der Waals surface area contributed by atoms with Crippen LogP contribution in [0.1, 0.15) is 70.6 Å². The molecule has 104 valence electrons. The van der Waals surface area contributed by atoms with Crippen molar-refractivity contribution in [3.05, 3.63) is 0 Å². The minimum Gasteiger partial charge on any atom is -0.350 e. The lowest BCUT2D eigenvalue weighted by Crippen LogP contribution is -2.47. The largest absolute Gasteiger partial charge is 0.350 e. The van der Waals surface area contributed by atoms with Crippen molar-refractivity contribution in [3.63, 3.8) is 0 Å². The Balaban J connectivity index is 1.70. The predicted octanol–water partition coefficient (Wildman–Crippen LogP) is 4.17. The lowest BCUT2D eigenvalue weighted by Gasteiger charge is -2.29. The fourth-order valence-electron chi connectivity index (χ4n) is 3.51. The highest BCUT2D eigenvalue weighted by Gasteiger charge is 2.34. The van der Waals surface area contributed by atoms with E-state index >= 15 is 0 Å². The quantitative estimate of drug-likeness (QED) is 0.758. The molecule has 18 heavy (non-hydrogen) atoms. The molecular formula is C15H26BrNO. The highest BCUT2D eigenvalue weighted by atomic mass is 79.9. The van der Waals surface area contributed by atoms with E-state index in [0.717, 1.165) is 36.9 Å². The lowest BCUT2D eigenvalue weighted by molar-refractivity contribution is -0.123. The van der Waals surface area contributed by atoms with Crippen molar-refractivity contribution in [1.82, 2.24) is 5.32 Å². The van der Waals surface area contributed by atoms with E-state index in [1.54, 1.807) is 0 Å². The first kappa shape index (κ1) is 14.4. The average Bonchev–Trinajstić information content (AvgIpc) is 2.87. The van der Waals surface area contributed by atoms with E-state index in [1.165, 1.54) is 44.9 Å². The number of amides is 1. The van der Waals surface area contributed by atoms with E-state index in [9.17, 15) is 4.79 Å². The number of nitrogens with one attached hydrogen (secondary N) is 1. The minimum atomic E-state index is 0.0731. The molecule has 2 fully saturated rings. The van der Waals surface area contributed by atoms with Crippen LogP contribution in [0.2, 0.25) is 0 Å². The first-order valence-electron chi connectivity index (χ1n) is 7.61. The molecule has 0 atom stereocenters. The van der Waals surface area contributed by atoms with E-state index in [1.807, 2.05) is 0 Å².